The van der Waals surface area contributed by atoms with Gasteiger partial charge in [0.2, 0.25) is 0 Å². The normalized spacial score (nSPS) is 30.2. The van der Waals surface area contributed by atoms with E-state index in [0.29, 0.717) is 18.6 Å². The molecule has 2 saturated heterocycles. The zero-order valence-electron chi connectivity index (χ0n) is 13.1. The number of fused-ring (bicyclic) bond motifs is 1. The van der Waals surface area contributed by atoms with Crippen molar-refractivity contribution in [2.45, 2.75) is 54.5 Å². The van der Waals surface area contributed by atoms with E-state index in [4.69, 9.17) is 10.9 Å². The van der Waals surface area contributed by atoms with Crippen LogP contribution in [0, 0.1) is 6.92 Å². The Bertz CT molecular complexity index is 666. The molecule has 1 aromatic heterocycles. The summed E-state index contributed by atoms with van der Waals surface area (Å²) in [7, 11) is 0. The fourth-order valence-corrected chi connectivity index (χ4v) is 10.5. The van der Waals surface area contributed by atoms with Crippen molar-refractivity contribution in [3.8, 4) is 0 Å². The van der Waals surface area contributed by atoms with Crippen molar-refractivity contribution >= 4 is 19.2 Å². The minimum absolute atomic E-state index is 0.00594. The average Bonchev–Trinajstić information content (AvgIpc) is 2.93. The Balaban J connectivity index is 1.82. The Hall–Kier alpha value is -0.641. The molecule has 2 fully saturated rings. The molecule has 1 N–H and O–H groups in total. The predicted molar refractivity (Wildman–Crippen MR) is 82.1 cm³/mol. The second-order valence-corrected chi connectivity index (χ2v) is 16.7. The van der Waals surface area contributed by atoms with Crippen LogP contribution in [-0.4, -0.2) is 47.6 Å². The first-order chi connectivity index (χ1) is 10.5. The van der Waals surface area contributed by atoms with E-state index in [1.54, 1.807) is 13.1 Å². The van der Waals surface area contributed by atoms with Crippen LogP contribution in [0.25, 0.3) is 0 Å². The maximum absolute atomic E-state index is 12.0. The van der Waals surface area contributed by atoms with Gasteiger partial charge in [-0.15, -0.1) is 0 Å². The number of aromatic amines is 1. The monoisotopic (exact) mass is 418 g/mol. The zero-order chi connectivity index (χ0) is 15.9. The van der Waals surface area contributed by atoms with Gasteiger partial charge in [0, 0.05) is 0 Å². The van der Waals surface area contributed by atoms with Crippen molar-refractivity contribution < 1.29 is 10.9 Å². The molecular weight excluding hydrogens is 395 g/mol. The first-order valence-electron chi connectivity index (χ1n) is 7.77. The molecule has 0 saturated carbocycles. The molecule has 8 heteroatoms. The second-order valence-electron chi connectivity index (χ2n) is 5.93. The third kappa shape index (κ3) is 2.79. The number of ether oxygens (including phenoxy) is 1. The van der Waals surface area contributed by atoms with Gasteiger partial charge in [0.15, 0.2) is 0 Å². The van der Waals surface area contributed by atoms with E-state index >= 15 is 0 Å². The van der Waals surface area contributed by atoms with Crippen LogP contribution in [0.5, 0.6) is 0 Å². The van der Waals surface area contributed by atoms with Gasteiger partial charge in [0.25, 0.3) is 0 Å². The summed E-state index contributed by atoms with van der Waals surface area (Å²) in [6, 6.07) is 0. The summed E-state index contributed by atoms with van der Waals surface area (Å²) in [5.41, 5.74) is -0.310. The minimum atomic E-state index is -2.90. The summed E-state index contributed by atoms with van der Waals surface area (Å²) in [6.07, 6.45) is 1.64. The first-order valence-corrected chi connectivity index (χ1v) is 14.1. The molecule has 2 aliphatic rings. The van der Waals surface area contributed by atoms with Crippen LogP contribution in [0.4, 0.5) is 0 Å². The van der Waals surface area contributed by atoms with E-state index in [0.717, 1.165) is 8.87 Å². The van der Waals surface area contributed by atoms with Crippen molar-refractivity contribution in [1.82, 2.24) is 9.55 Å². The van der Waals surface area contributed by atoms with Crippen LogP contribution in [-0.2, 0) is 10.9 Å². The molecule has 0 radical (unpaired) electrons. The topological polar surface area (TPSA) is 82.5 Å². The molecule has 7 nitrogen and oxygen atoms in total. The zero-order valence-corrected chi connectivity index (χ0v) is 16.0. The van der Waals surface area contributed by atoms with Crippen LogP contribution in [0.2, 0.25) is 8.87 Å². The molecule has 0 aromatic carbocycles. The molecule has 0 bridgehead atoms. The number of hydrogen-bond acceptors (Lipinski definition) is 5. The van der Waals surface area contributed by atoms with E-state index in [-0.39, 0.29) is 17.8 Å². The number of H-pyrrole nitrogens is 1. The molecule has 3 rings (SSSR count). The van der Waals surface area contributed by atoms with Gasteiger partial charge < -0.3 is 0 Å². The summed E-state index contributed by atoms with van der Waals surface area (Å²) in [6.45, 7) is 6.48. The third-order valence-electron chi connectivity index (χ3n) is 4.59. The fraction of sp³-hybridized carbons (Fsp3) is 0.714. The molecule has 0 amide bonds. The Morgan fingerprint density at radius 2 is 2.05 bits per heavy atom. The van der Waals surface area contributed by atoms with Crippen molar-refractivity contribution in [1.29, 1.82) is 0 Å². The van der Waals surface area contributed by atoms with Crippen molar-refractivity contribution in [2.24, 2.45) is 0 Å². The van der Waals surface area contributed by atoms with Gasteiger partial charge in [0.05, 0.1) is 0 Å². The summed E-state index contributed by atoms with van der Waals surface area (Å²) in [5.74, 6) is 0. The van der Waals surface area contributed by atoms with Crippen LogP contribution in [0.1, 0.15) is 32.1 Å². The summed E-state index contributed by atoms with van der Waals surface area (Å²) < 4.78 is 21.7. The van der Waals surface area contributed by atoms with Gasteiger partial charge in [-0.3, -0.25) is 0 Å². The van der Waals surface area contributed by atoms with Gasteiger partial charge in [-0.05, 0) is 0 Å². The Kier molecular flexibility index (Phi) is 4.50. The second kappa shape index (κ2) is 6.10. The summed E-state index contributed by atoms with van der Waals surface area (Å²) >= 11 is -2.90. The number of nitrogens with zero attached hydrogens (tertiary/aromatic N) is 1. The number of hydrogen-bond donors (Lipinski definition) is 1. The molecular formula is C14H22N2O5Sn. The van der Waals surface area contributed by atoms with E-state index < -0.39 is 31.1 Å². The van der Waals surface area contributed by atoms with E-state index in [9.17, 15) is 9.59 Å². The molecule has 122 valence electrons. The van der Waals surface area contributed by atoms with Gasteiger partial charge in [0.1, 0.15) is 0 Å². The van der Waals surface area contributed by atoms with Crippen molar-refractivity contribution in [2.75, 3.05) is 6.61 Å². The Morgan fingerprint density at radius 1 is 1.32 bits per heavy atom. The van der Waals surface area contributed by atoms with E-state index in [2.05, 4.69) is 18.8 Å². The molecule has 3 unspecified atom stereocenters. The maximum atomic E-state index is 12.0. The van der Waals surface area contributed by atoms with Crippen LogP contribution in [0.15, 0.2) is 15.8 Å². The molecule has 22 heavy (non-hydrogen) atoms. The summed E-state index contributed by atoms with van der Waals surface area (Å²) in [4.78, 5) is 25.8. The fourth-order valence-electron chi connectivity index (χ4n) is 3.11. The standard InChI is InChI=1S/C10H12N2O5.2C2H5.Sn/c1-5-3-12(10(16)11-9(5)15)8-2-6(14)7(4-13)17-8;2*1-2;/h3,6-8H,2,4H2,1H3,(H,11,15,16);2*1H2,2H3;/q-2;;;+2. The third-order valence-corrected chi connectivity index (χ3v) is 14.8. The number of rotatable bonds is 3. The van der Waals surface area contributed by atoms with Crippen LogP contribution < -0.4 is 11.2 Å². The number of nitrogens with one attached hydrogen (secondary N) is 1. The molecule has 0 spiro atoms. The van der Waals surface area contributed by atoms with Crippen LogP contribution >= 0.6 is 0 Å². The van der Waals surface area contributed by atoms with E-state index in [1.807, 2.05) is 0 Å². The van der Waals surface area contributed by atoms with Crippen LogP contribution in [0.3, 0.4) is 0 Å². The first kappa shape index (κ1) is 16.2. The molecule has 0 aliphatic carbocycles. The number of aryl methyl sites for hydroxylation is 1. The average molecular weight is 417 g/mol. The summed E-state index contributed by atoms with van der Waals surface area (Å²) in [5, 5.41) is 0. The van der Waals surface area contributed by atoms with Gasteiger partial charge >= 0.3 is 133 Å². The predicted octanol–water partition coefficient (Wildman–Crippen LogP) is 1.03. The molecule has 3 heterocycles. The number of aromatic nitrogens is 2. The van der Waals surface area contributed by atoms with Crippen molar-refractivity contribution in [3.05, 3.63) is 32.6 Å². The Labute approximate surface area is 133 Å². The molecule has 2 aliphatic heterocycles. The Morgan fingerprint density at radius 3 is 2.73 bits per heavy atom. The van der Waals surface area contributed by atoms with Gasteiger partial charge in [-0.1, -0.05) is 0 Å². The quantitative estimate of drug-likeness (QED) is 0.744. The molecule has 1 aromatic rings. The van der Waals surface area contributed by atoms with Gasteiger partial charge in [-0.25, -0.2) is 0 Å². The molecule has 3 atom stereocenters. The SMILES string of the molecule is C[CH2][Sn]1([CH2]C)[O]CC2OC(n3cc(C)c(=O)[nH]c3=O)CC2[O]1. The van der Waals surface area contributed by atoms with Crippen molar-refractivity contribution in [3.63, 3.8) is 0 Å². The van der Waals surface area contributed by atoms with E-state index in [1.165, 1.54) is 4.57 Å². The van der Waals surface area contributed by atoms with Gasteiger partial charge in [-0.2, -0.15) is 0 Å².